The molecule has 202 valence electrons. The third-order valence-electron chi connectivity index (χ3n) is 6.32. The first-order chi connectivity index (χ1) is 17.6. The van der Waals surface area contributed by atoms with Gasteiger partial charge in [0.05, 0.1) is 29.9 Å². The van der Waals surface area contributed by atoms with Crippen molar-refractivity contribution in [3.05, 3.63) is 71.6 Å². The Labute approximate surface area is 216 Å². The molecule has 1 heterocycles. The van der Waals surface area contributed by atoms with Gasteiger partial charge in [0, 0.05) is 26.2 Å². The Balaban J connectivity index is 2.19. The van der Waals surface area contributed by atoms with Crippen LogP contribution in [-0.2, 0) is 11.3 Å². The summed E-state index contributed by atoms with van der Waals surface area (Å²) >= 11 is 0. The minimum atomic E-state index is -0.867. The lowest BCUT2D eigenvalue weighted by Crippen LogP contribution is -2.48. The topological polar surface area (TPSA) is 89.4 Å². The summed E-state index contributed by atoms with van der Waals surface area (Å²) in [7, 11) is 1.56. The predicted octanol–water partition coefficient (Wildman–Crippen LogP) is 4.11. The number of methoxy groups -OCH3 is 1. The second-order valence-electron chi connectivity index (χ2n) is 9.82. The van der Waals surface area contributed by atoms with Gasteiger partial charge in [-0.1, -0.05) is 30.3 Å². The van der Waals surface area contributed by atoms with Crippen LogP contribution < -0.4 is 5.73 Å². The fourth-order valence-electron chi connectivity index (χ4n) is 4.31. The van der Waals surface area contributed by atoms with Crippen LogP contribution in [0.25, 0.3) is 11.4 Å². The quantitative estimate of drug-likeness (QED) is 0.353. The van der Waals surface area contributed by atoms with E-state index in [-0.39, 0.29) is 17.9 Å². The Bertz CT molecular complexity index is 1140. The van der Waals surface area contributed by atoms with Crippen LogP contribution in [0.1, 0.15) is 44.6 Å². The van der Waals surface area contributed by atoms with Crippen LogP contribution in [0, 0.1) is 11.6 Å². The fourth-order valence-corrected chi connectivity index (χ4v) is 4.31. The maximum Gasteiger partial charge on any atom is 0.184 e. The summed E-state index contributed by atoms with van der Waals surface area (Å²) in [6, 6.07) is 11.4. The molecular weight excluding hydrogens is 483 g/mol. The fraction of sp³-hybridized carbons (Fsp3) is 0.481. The third-order valence-corrected chi connectivity index (χ3v) is 6.32. The van der Waals surface area contributed by atoms with Crippen LogP contribution >= 0.6 is 0 Å². The van der Waals surface area contributed by atoms with Crippen molar-refractivity contribution in [2.45, 2.75) is 57.5 Å². The Kier molecular flexibility index (Phi) is 9.83. The van der Waals surface area contributed by atoms with Gasteiger partial charge in [-0.2, -0.15) is 5.10 Å². The van der Waals surface area contributed by atoms with Gasteiger partial charge in [-0.15, -0.1) is 0 Å². The van der Waals surface area contributed by atoms with Crippen molar-refractivity contribution in [1.82, 2.24) is 19.7 Å². The van der Waals surface area contributed by atoms with E-state index in [0.29, 0.717) is 25.3 Å². The number of halogens is 3. The van der Waals surface area contributed by atoms with E-state index in [1.165, 1.54) is 0 Å². The summed E-state index contributed by atoms with van der Waals surface area (Å²) in [5, 5.41) is 14.9. The van der Waals surface area contributed by atoms with Crippen molar-refractivity contribution in [1.29, 1.82) is 0 Å². The lowest BCUT2D eigenvalue weighted by Gasteiger charge is -2.41. The molecule has 0 fully saturated rings. The van der Waals surface area contributed by atoms with Crippen molar-refractivity contribution < 1.29 is 23.0 Å². The number of rotatable bonds is 13. The van der Waals surface area contributed by atoms with Crippen molar-refractivity contribution in [2.75, 3.05) is 26.9 Å². The molecule has 0 saturated carbocycles. The first-order valence-electron chi connectivity index (χ1n) is 12.3. The van der Waals surface area contributed by atoms with Crippen LogP contribution in [-0.4, -0.2) is 69.4 Å². The van der Waals surface area contributed by atoms with Gasteiger partial charge < -0.3 is 15.6 Å². The summed E-state index contributed by atoms with van der Waals surface area (Å²) in [5.41, 5.74) is 5.86. The molecule has 3 atom stereocenters. The molecule has 0 bridgehead atoms. The maximum absolute atomic E-state index is 14.7. The molecule has 3 N–H and O–H groups in total. The smallest absolute Gasteiger partial charge is 0.184 e. The molecule has 0 aliphatic heterocycles. The number of ether oxygens (including phenoxy) is 1. The number of aromatic nitrogens is 3. The largest absolute Gasteiger partial charge is 0.392 e. The Morgan fingerprint density at radius 3 is 2.49 bits per heavy atom. The SMILES string of the molecule is COC(C)(C)[C@H](c1nc(-c2cc(F)ccc2F)nn1Cc1ccccc1)N(CC[C@H](N)CF)C[C@H](C)O. The van der Waals surface area contributed by atoms with Gasteiger partial charge >= 0.3 is 0 Å². The van der Waals surface area contributed by atoms with Gasteiger partial charge in [0.2, 0.25) is 0 Å². The number of aliphatic hydroxyl groups excluding tert-OH is 1. The monoisotopic (exact) mass is 519 g/mol. The zero-order chi connectivity index (χ0) is 27.2. The van der Waals surface area contributed by atoms with E-state index in [0.717, 1.165) is 23.8 Å². The van der Waals surface area contributed by atoms with Gasteiger partial charge in [0.25, 0.3) is 0 Å². The summed E-state index contributed by atoms with van der Waals surface area (Å²) < 4.78 is 49.5. The first kappa shape index (κ1) is 28.8. The molecule has 0 saturated heterocycles. The van der Waals surface area contributed by atoms with E-state index in [4.69, 9.17) is 15.5 Å². The van der Waals surface area contributed by atoms with E-state index in [1.807, 2.05) is 49.1 Å². The molecule has 3 rings (SSSR count). The Hall–Kier alpha value is -2.79. The van der Waals surface area contributed by atoms with Gasteiger partial charge in [-0.3, -0.25) is 4.90 Å². The highest BCUT2D eigenvalue weighted by atomic mass is 19.1. The van der Waals surface area contributed by atoms with Gasteiger partial charge in [-0.05, 0) is 51.0 Å². The van der Waals surface area contributed by atoms with E-state index >= 15 is 0 Å². The van der Waals surface area contributed by atoms with E-state index in [9.17, 15) is 18.3 Å². The van der Waals surface area contributed by atoms with Crippen LogP contribution in [0.5, 0.6) is 0 Å². The predicted molar refractivity (Wildman–Crippen MR) is 137 cm³/mol. The summed E-state index contributed by atoms with van der Waals surface area (Å²) in [4.78, 5) is 6.64. The number of nitrogens with zero attached hydrogens (tertiary/aromatic N) is 4. The minimum Gasteiger partial charge on any atom is -0.392 e. The number of aliphatic hydroxyl groups is 1. The van der Waals surface area contributed by atoms with E-state index in [1.54, 1.807) is 18.7 Å². The van der Waals surface area contributed by atoms with Crippen LogP contribution in [0.3, 0.4) is 0 Å². The molecule has 0 unspecified atom stereocenters. The first-order valence-corrected chi connectivity index (χ1v) is 12.3. The zero-order valence-corrected chi connectivity index (χ0v) is 21.7. The van der Waals surface area contributed by atoms with Crippen molar-refractivity contribution in [2.24, 2.45) is 5.73 Å². The van der Waals surface area contributed by atoms with Crippen LogP contribution in [0.2, 0.25) is 0 Å². The molecule has 2 aromatic carbocycles. The standard InChI is InChI=1S/C27H36F3N5O2/c1-18(36)16-34(13-12-21(31)15-28)24(27(2,3)37-4)26-32-25(22-14-20(29)10-11-23(22)30)33-35(26)17-19-8-6-5-7-9-19/h5-11,14,18,21,24,36H,12-13,15-17,31H2,1-4H3/t18-,21-,24-/m0/s1. The van der Waals surface area contributed by atoms with Gasteiger partial charge in [-0.25, -0.2) is 22.8 Å². The third kappa shape index (κ3) is 7.38. The average molecular weight is 520 g/mol. The normalized spacial score (nSPS) is 14.6. The molecule has 7 nitrogen and oxygen atoms in total. The van der Waals surface area contributed by atoms with E-state index in [2.05, 4.69) is 5.10 Å². The lowest BCUT2D eigenvalue weighted by atomic mass is 9.94. The highest BCUT2D eigenvalue weighted by Crippen LogP contribution is 2.35. The van der Waals surface area contributed by atoms with E-state index < -0.39 is 42.1 Å². The Morgan fingerprint density at radius 1 is 1.16 bits per heavy atom. The lowest BCUT2D eigenvalue weighted by molar-refractivity contribution is -0.0683. The molecular formula is C27H36F3N5O2. The molecule has 0 aliphatic carbocycles. The second kappa shape index (κ2) is 12.6. The summed E-state index contributed by atoms with van der Waals surface area (Å²) in [6.07, 6.45) is -0.389. The van der Waals surface area contributed by atoms with Crippen molar-refractivity contribution in [3.8, 4) is 11.4 Å². The Morgan fingerprint density at radius 2 is 1.86 bits per heavy atom. The molecule has 1 aromatic heterocycles. The summed E-state index contributed by atoms with van der Waals surface area (Å²) in [5.74, 6) is -0.801. The zero-order valence-electron chi connectivity index (χ0n) is 21.7. The average Bonchev–Trinajstić information content (AvgIpc) is 3.26. The van der Waals surface area contributed by atoms with Crippen molar-refractivity contribution in [3.63, 3.8) is 0 Å². The van der Waals surface area contributed by atoms with Crippen LogP contribution in [0.4, 0.5) is 13.2 Å². The number of hydrogen-bond acceptors (Lipinski definition) is 6. The molecule has 0 aliphatic rings. The maximum atomic E-state index is 14.7. The molecule has 37 heavy (non-hydrogen) atoms. The second-order valence-corrected chi connectivity index (χ2v) is 9.82. The van der Waals surface area contributed by atoms with Gasteiger partial charge in [0.1, 0.15) is 24.1 Å². The number of benzene rings is 2. The number of alkyl halides is 1. The molecule has 3 aromatic rings. The molecule has 0 radical (unpaired) electrons. The highest BCUT2D eigenvalue weighted by molar-refractivity contribution is 5.55. The van der Waals surface area contributed by atoms with Gasteiger partial charge in [0.15, 0.2) is 5.82 Å². The van der Waals surface area contributed by atoms with Crippen molar-refractivity contribution >= 4 is 0 Å². The summed E-state index contributed by atoms with van der Waals surface area (Å²) in [6.45, 7) is 5.59. The number of hydrogen-bond donors (Lipinski definition) is 2. The highest BCUT2D eigenvalue weighted by Gasteiger charge is 2.40. The molecule has 0 spiro atoms. The van der Waals surface area contributed by atoms with Crippen LogP contribution in [0.15, 0.2) is 48.5 Å². The molecule has 0 amide bonds. The minimum absolute atomic E-state index is 0.0253. The number of nitrogens with two attached hydrogens (primary N) is 1. The molecule has 10 heteroatoms.